The first-order valence-corrected chi connectivity index (χ1v) is 6.49. The number of benzene rings is 1. The number of ether oxygens (including phenoxy) is 1. The van der Waals surface area contributed by atoms with Crippen LogP contribution in [0.5, 0.6) is 5.75 Å². The van der Waals surface area contributed by atoms with E-state index in [4.69, 9.17) is 10.5 Å². The molecule has 0 bridgehead atoms. The third-order valence-electron chi connectivity index (χ3n) is 2.31. The molecule has 0 unspecified atom stereocenters. The fraction of sp³-hybridized carbons (Fsp3) is 0.417. The van der Waals surface area contributed by atoms with Crippen LogP contribution in [0.15, 0.2) is 22.7 Å². The maximum absolute atomic E-state index is 11.9. The molecule has 0 aliphatic carbocycles. The molecule has 1 aromatic rings. The number of nitrogens with one attached hydrogen (secondary N) is 1. The van der Waals surface area contributed by atoms with E-state index in [9.17, 15) is 18.0 Å². The van der Waals surface area contributed by atoms with Gasteiger partial charge in [-0.05, 0) is 25.1 Å². The van der Waals surface area contributed by atoms with Crippen LogP contribution in [-0.4, -0.2) is 25.2 Å². The summed E-state index contributed by atoms with van der Waals surface area (Å²) >= 11 is 3.28. The van der Waals surface area contributed by atoms with Crippen LogP contribution in [0.25, 0.3) is 0 Å². The summed E-state index contributed by atoms with van der Waals surface area (Å²) in [6.07, 6.45) is -4.44. The molecule has 20 heavy (non-hydrogen) atoms. The molecule has 0 heterocycles. The van der Waals surface area contributed by atoms with Gasteiger partial charge in [0.25, 0.3) is 5.91 Å². The van der Waals surface area contributed by atoms with Crippen molar-refractivity contribution < 1.29 is 22.7 Å². The van der Waals surface area contributed by atoms with Crippen LogP contribution in [-0.2, 0) is 4.79 Å². The maximum Gasteiger partial charge on any atom is 0.405 e. The predicted molar refractivity (Wildman–Crippen MR) is 71.3 cm³/mol. The Hall–Kier alpha value is -1.28. The molecule has 0 saturated heterocycles. The van der Waals surface area contributed by atoms with Crippen molar-refractivity contribution in [2.75, 3.05) is 13.2 Å². The Kier molecular flexibility index (Phi) is 5.82. The van der Waals surface area contributed by atoms with Gasteiger partial charge in [0.15, 0.2) is 6.61 Å². The highest BCUT2D eigenvalue weighted by atomic mass is 79.9. The number of hydrogen-bond donors (Lipinski definition) is 2. The fourth-order valence-corrected chi connectivity index (χ4v) is 1.78. The molecule has 1 atom stereocenters. The van der Waals surface area contributed by atoms with E-state index in [1.165, 1.54) is 0 Å². The minimum Gasteiger partial charge on any atom is -0.483 e. The van der Waals surface area contributed by atoms with Gasteiger partial charge in [-0.3, -0.25) is 4.79 Å². The highest BCUT2D eigenvalue weighted by molar-refractivity contribution is 9.10. The molecule has 0 spiro atoms. The van der Waals surface area contributed by atoms with E-state index in [2.05, 4.69) is 15.9 Å². The first-order chi connectivity index (χ1) is 9.19. The van der Waals surface area contributed by atoms with E-state index in [1.807, 2.05) is 0 Å². The summed E-state index contributed by atoms with van der Waals surface area (Å²) in [7, 11) is 0. The second-order valence-electron chi connectivity index (χ2n) is 4.15. The molecule has 1 aromatic carbocycles. The Morgan fingerprint density at radius 1 is 1.50 bits per heavy atom. The zero-order valence-corrected chi connectivity index (χ0v) is 12.2. The molecule has 1 rings (SSSR count). The molecular formula is C12H14BrF3N2O2. The monoisotopic (exact) mass is 354 g/mol. The van der Waals surface area contributed by atoms with E-state index >= 15 is 0 Å². The van der Waals surface area contributed by atoms with Crippen LogP contribution in [0.4, 0.5) is 13.2 Å². The predicted octanol–water partition coefficient (Wildman–Crippen LogP) is 2.53. The SMILES string of the molecule is C[C@H](N)c1cc(Br)ccc1OCC(=O)NCC(F)(F)F. The van der Waals surface area contributed by atoms with Crippen LogP contribution >= 0.6 is 15.9 Å². The summed E-state index contributed by atoms with van der Waals surface area (Å²) in [6.45, 7) is -0.147. The Morgan fingerprint density at radius 2 is 2.15 bits per heavy atom. The van der Waals surface area contributed by atoms with Gasteiger partial charge in [0.1, 0.15) is 12.3 Å². The fourth-order valence-electron chi connectivity index (χ4n) is 1.40. The number of hydrogen-bond acceptors (Lipinski definition) is 3. The normalized spacial score (nSPS) is 12.9. The first-order valence-electron chi connectivity index (χ1n) is 5.70. The second kappa shape index (κ2) is 6.94. The van der Waals surface area contributed by atoms with Crippen molar-refractivity contribution in [2.45, 2.75) is 19.1 Å². The number of alkyl halides is 3. The van der Waals surface area contributed by atoms with E-state index in [0.717, 1.165) is 4.47 Å². The summed E-state index contributed by atoms with van der Waals surface area (Å²) in [5.74, 6) is -0.480. The number of rotatable bonds is 5. The minimum atomic E-state index is -4.44. The van der Waals surface area contributed by atoms with Crippen LogP contribution in [0.3, 0.4) is 0 Å². The molecule has 0 aliphatic rings. The van der Waals surface area contributed by atoms with Crippen molar-refractivity contribution in [3.05, 3.63) is 28.2 Å². The number of nitrogens with two attached hydrogens (primary N) is 1. The second-order valence-corrected chi connectivity index (χ2v) is 5.07. The van der Waals surface area contributed by atoms with Crippen molar-refractivity contribution in [3.8, 4) is 5.75 Å². The highest BCUT2D eigenvalue weighted by Gasteiger charge is 2.27. The van der Waals surface area contributed by atoms with Crippen LogP contribution in [0, 0.1) is 0 Å². The van der Waals surface area contributed by atoms with Crippen LogP contribution in [0.2, 0.25) is 0 Å². The van der Waals surface area contributed by atoms with Gasteiger partial charge in [-0.1, -0.05) is 15.9 Å². The lowest BCUT2D eigenvalue weighted by Gasteiger charge is -2.14. The zero-order valence-electron chi connectivity index (χ0n) is 10.6. The lowest BCUT2D eigenvalue weighted by atomic mass is 10.1. The van der Waals surface area contributed by atoms with Crippen molar-refractivity contribution in [2.24, 2.45) is 5.73 Å². The van der Waals surface area contributed by atoms with E-state index in [1.54, 1.807) is 30.4 Å². The van der Waals surface area contributed by atoms with Gasteiger partial charge >= 0.3 is 6.18 Å². The Bertz CT molecular complexity index is 478. The summed E-state index contributed by atoms with van der Waals surface area (Å²) < 4.78 is 41.7. The van der Waals surface area contributed by atoms with Gasteiger partial charge in [-0.15, -0.1) is 0 Å². The number of halogens is 4. The van der Waals surface area contributed by atoms with Crippen molar-refractivity contribution in [1.29, 1.82) is 0 Å². The molecule has 3 N–H and O–H groups in total. The lowest BCUT2D eigenvalue weighted by molar-refractivity contribution is -0.139. The molecule has 4 nitrogen and oxygen atoms in total. The molecule has 0 saturated carbocycles. The third kappa shape index (κ3) is 5.79. The summed E-state index contributed by atoms with van der Waals surface area (Å²) in [4.78, 5) is 11.2. The molecule has 8 heteroatoms. The smallest absolute Gasteiger partial charge is 0.405 e. The standard InChI is InChI=1S/C12H14BrF3N2O2/c1-7(17)9-4-8(13)2-3-10(9)20-5-11(19)18-6-12(14,15)16/h2-4,7H,5-6,17H2,1H3,(H,18,19)/t7-/m0/s1. The molecule has 0 radical (unpaired) electrons. The van der Waals surface area contributed by atoms with E-state index in [0.29, 0.717) is 11.3 Å². The van der Waals surface area contributed by atoms with Crippen molar-refractivity contribution in [3.63, 3.8) is 0 Å². The Morgan fingerprint density at radius 3 is 2.70 bits per heavy atom. The molecule has 1 amide bonds. The number of carbonyl (C=O) groups excluding carboxylic acids is 1. The van der Waals surface area contributed by atoms with Gasteiger partial charge < -0.3 is 15.8 Å². The van der Waals surface area contributed by atoms with Crippen LogP contribution < -0.4 is 15.8 Å². The van der Waals surface area contributed by atoms with E-state index in [-0.39, 0.29) is 6.04 Å². The van der Waals surface area contributed by atoms with Gasteiger partial charge in [-0.2, -0.15) is 13.2 Å². The third-order valence-corrected chi connectivity index (χ3v) is 2.80. The molecular weight excluding hydrogens is 341 g/mol. The van der Waals surface area contributed by atoms with Gasteiger partial charge in [0.2, 0.25) is 0 Å². The Labute approximate surface area is 122 Å². The maximum atomic E-state index is 11.9. The largest absolute Gasteiger partial charge is 0.483 e. The van der Waals surface area contributed by atoms with Gasteiger partial charge in [0, 0.05) is 16.1 Å². The molecule has 0 aliphatic heterocycles. The van der Waals surface area contributed by atoms with Gasteiger partial charge in [-0.25, -0.2) is 0 Å². The minimum absolute atomic E-state index is 0.333. The topological polar surface area (TPSA) is 64.3 Å². The molecule has 0 fully saturated rings. The average Bonchev–Trinajstić information content (AvgIpc) is 2.33. The van der Waals surface area contributed by atoms with Crippen LogP contribution in [0.1, 0.15) is 18.5 Å². The summed E-state index contributed by atoms with van der Waals surface area (Å²) in [6, 6.07) is 4.68. The molecule has 112 valence electrons. The lowest BCUT2D eigenvalue weighted by Crippen LogP contribution is -2.36. The van der Waals surface area contributed by atoms with Crippen molar-refractivity contribution in [1.82, 2.24) is 5.32 Å². The van der Waals surface area contributed by atoms with Crippen molar-refractivity contribution >= 4 is 21.8 Å². The average molecular weight is 355 g/mol. The Balaban J connectivity index is 2.59. The molecule has 0 aromatic heterocycles. The quantitative estimate of drug-likeness (QED) is 0.853. The summed E-state index contributed by atoms with van der Waals surface area (Å²) in [5.41, 5.74) is 6.41. The number of carbonyl (C=O) groups is 1. The summed E-state index contributed by atoms with van der Waals surface area (Å²) in [5, 5.41) is 1.72. The highest BCUT2D eigenvalue weighted by Crippen LogP contribution is 2.27. The first kappa shape index (κ1) is 16.8. The number of amides is 1. The van der Waals surface area contributed by atoms with Gasteiger partial charge in [0.05, 0.1) is 0 Å². The zero-order chi connectivity index (χ0) is 15.3. The van der Waals surface area contributed by atoms with E-state index < -0.39 is 25.2 Å².